The van der Waals surface area contributed by atoms with Crippen LogP contribution in [0.15, 0.2) is 35.4 Å². The average molecular weight is 286 g/mol. The van der Waals surface area contributed by atoms with Crippen LogP contribution in [0.3, 0.4) is 0 Å². The van der Waals surface area contributed by atoms with Crippen LogP contribution in [0.5, 0.6) is 0 Å². The second-order valence-electron chi connectivity index (χ2n) is 5.29. The Bertz CT molecular complexity index is 704. The number of aromatic nitrogens is 2. The van der Waals surface area contributed by atoms with Crippen LogP contribution in [0.1, 0.15) is 12.8 Å². The average Bonchev–Trinajstić information content (AvgIpc) is 2.51. The topological polar surface area (TPSA) is 76.0 Å². The van der Waals surface area contributed by atoms with Crippen molar-refractivity contribution in [3.63, 3.8) is 0 Å². The van der Waals surface area contributed by atoms with E-state index in [2.05, 4.69) is 15.6 Å². The summed E-state index contributed by atoms with van der Waals surface area (Å²) in [6.07, 6.45) is 3.29. The number of nitrogens with one attached hydrogen (secondary N) is 2. The van der Waals surface area contributed by atoms with Crippen molar-refractivity contribution in [1.29, 1.82) is 0 Å². The molecule has 0 atom stereocenters. The van der Waals surface area contributed by atoms with E-state index in [1.807, 2.05) is 6.07 Å². The molecule has 1 aromatic carbocycles. The molecule has 21 heavy (non-hydrogen) atoms. The van der Waals surface area contributed by atoms with Crippen molar-refractivity contribution in [1.82, 2.24) is 20.2 Å². The van der Waals surface area contributed by atoms with Gasteiger partial charge in [-0.25, -0.2) is 4.98 Å². The molecule has 0 radical (unpaired) electrons. The quantitative estimate of drug-likeness (QED) is 0.849. The fourth-order valence-corrected chi connectivity index (χ4v) is 2.61. The van der Waals surface area contributed by atoms with E-state index < -0.39 is 0 Å². The van der Waals surface area contributed by atoms with Gasteiger partial charge in [-0.3, -0.25) is 14.2 Å². The lowest BCUT2D eigenvalue weighted by atomic mass is 10.1. The van der Waals surface area contributed by atoms with Crippen molar-refractivity contribution >= 4 is 16.8 Å². The van der Waals surface area contributed by atoms with E-state index in [-0.39, 0.29) is 24.1 Å². The molecule has 0 saturated carbocycles. The van der Waals surface area contributed by atoms with Gasteiger partial charge in [-0.1, -0.05) is 12.1 Å². The molecule has 2 aromatic rings. The lowest BCUT2D eigenvalue weighted by Crippen LogP contribution is -2.44. The van der Waals surface area contributed by atoms with Gasteiger partial charge in [0, 0.05) is 6.04 Å². The summed E-state index contributed by atoms with van der Waals surface area (Å²) in [7, 11) is 0. The van der Waals surface area contributed by atoms with E-state index in [0.717, 1.165) is 25.9 Å². The van der Waals surface area contributed by atoms with Crippen LogP contribution in [0, 0.1) is 0 Å². The van der Waals surface area contributed by atoms with Crippen LogP contribution in [0.4, 0.5) is 0 Å². The number of para-hydroxylation sites is 1. The number of carbonyl (C=O) groups is 1. The summed E-state index contributed by atoms with van der Waals surface area (Å²) >= 11 is 0. The molecule has 110 valence electrons. The summed E-state index contributed by atoms with van der Waals surface area (Å²) in [5.74, 6) is -0.138. The van der Waals surface area contributed by atoms with Gasteiger partial charge < -0.3 is 10.6 Å². The molecule has 1 aliphatic rings. The van der Waals surface area contributed by atoms with Crippen molar-refractivity contribution in [2.75, 3.05) is 13.1 Å². The van der Waals surface area contributed by atoms with Gasteiger partial charge in [-0.05, 0) is 38.1 Å². The predicted molar refractivity (Wildman–Crippen MR) is 80.0 cm³/mol. The van der Waals surface area contributed by atoms with Crippen LogP contribution in [0.25, 0.3) is 10.9 Å². The van der Waals surface area contributed by atoms with Gasteiger partial charge in [-0.2, -0.15) is 0 Å². The minimum absolute atomic E-state index is 0.0145. The summed E-state index contributed by atoms with van der Waals surface area (Å²) in [6, 6.07) is 7.35. The van der Waals surface area contributed by atoms with Crippen molar-refractivity contribution in [2.24, 2.45) is 0 Å². The van der Waals surface area contributed by atoms with Gasteiger partial charge in [0.05, 0.1) is 17.2 Å². The van der Waals surface area contributed by atoms with E-state index in [1.165, 1.54) is 10.9 Å². The van der Waals surface area contributed by atoms with Crippen molar-refractivity contribution in [3.05, 3.63) is 40.9 Å². The van der Waals surface area contributed by atoms with Crippen LogP contribution in [0.2, 0.25) is 0 Å². The number of carbonyl (C=O) groups excluding carboxylic acids is 1. The molecule has 0 bridgehead atoms. The molecular formula is C15H18N4O2. The molecule has 2 heterocycles. The highest BCUT2D eigenvalue weighted by atomic mass is 16.2. The maximum Gasteiger partial charge on any atom is 0.261 e. The van der Waals surface area contributed by atoms with Gasteiger partial charge >= 0.3 is 0 Å². The summed E-state index contributed by atoms with van der Waals surface area (Å²) in [4.78, 5) is 28.6. The molecule has 2 N–H and O–H groups in total. The third-order valence-electron chi connectivity index (χ3n) is 3.75. The number of hydrogen-bond acceptors (Lipinski definition) is 4. The lowest BCUT2D eigenvalue weighted by molar-refractivity contribution is -0.122. The van der Waals surface area contributed by atoms with Crippen molar-refractivity contribution < 1.29 is 4.79 Å². The molecule has 6 nitrogen and oxygen atoms in total. The third-order valence-corrected chi connectivity index (χ3v) is 3.75. The zero-order valence-electron chi connectivity index (χ0n) is 11.7. The van der Waals surface area contributed by atoms with Crippen molar-refractivity contribution in [3.8, 4) is 0 Å². The summed E-state index contributed by atoms with van der Waals surface area (Å²) < 4.78 is 1.36. The Balaban J connectivity index is 1.73. The monoisotopic (exact) mass is 286 g/mol. The second kappa shape index (κ2) is 6.05. The van der Waals surface area contributed by atoms with Gasteiger partial charge in [-0.15, -0.1) is 0 Å². The number of nitrogens with zero attached hydrogens (tertiary/aromatic N) is 2. The number of fused-ring (bicyclic) bond motifs is 1. The zero-order chi connectivity index (χ0) is 14.7. The highest BCUT2D eigenvalue weighted by Crippen LogP contribution is 2.05. The number of rotatable bonds is 3. The van der Waals surface area contributed by atoms with E-state index in [0.29, 0.717) is 10.9 Å². The maximum atomic E-state index is 12.3. The first-order chi connectivity index (χ1) is 10.2. The Morgan fingerprint density at radius 2 is 2.10 bits per heavy atom. The van der Waals surface area contributed by atoms with Gasteiger partial charge in [0.25, 0.3) is 5.56 Å². The van der Waals surface area contributed by atoms with E-state index >= 15 is 0 Å². The molecule has 6 heteroatoms. The second-order valence-corrected chi connectivity index (χ2v) is 5.29. The molecule has 3 rings (SSSR count). The first kappa shape index (κ1) is 13.8. The van der Waals surface area contributed by atoms with Gasteiger partial charge in [0.2, 0.25) is 5.91 Å². The van der Waals surface area contributed by atoms with Crippen molar-refractivity contribution in [2.45, 2.75) is 25.4 Å². The Labute approximate surface area is 122 Å². The molecule has 1 amide bonds. The van der Waals surface area contributed by atoms with Crippen LogP contribution >= 0.6 is 0 Å². The van der Waals surface area contributed by atoms with Crippen LogP contribution in [-0.4, -0.2) is 34.6 Å². The molecule has 1 saturated heterocycles. The standard InChI is InChI=1S/C15H18N4O2/c20-14(18-11-5-7-16-8-6-11)9-19-10-17-13-4-2-1-3-12(13)15(19)21/h1-4,10-11,16H,5-9H2,(H,18,20). The smallest absolute Gasteiger partial charge is 0.261 e. The predicted octanol–water partition coefficient (Wildman–Crippen LogP) is 0.265. The lowest BCUT2D eigenvalue weighted by Gasteiger charge is -2.23. The highest BCUT2D eigenvalue weighted by molar-refractivity contribution is 5.79. The first-order valence-electron chi connectivity index (χ1n) is 7.18. The minimum atomic E-state index is -0.180. The third kappa shape index (κ3) is 3.11. The molecule has 0 aliphatic carbocycles. The van der Waals surface area contributed by atoms with E-state index in [9.17, 15) is 9.59 Å². The molecule has 0 spiro atoms. The highest BCUT2D eigenvalue weighted by Gasteiger charge is 2.16. The largest absolute Gasteiger partial charge is 0.352 e. The fraction of sp³-hybridized carbons (Fsp3) is 0.400. The Morgan fingerprint density at radius 3 is 2.90 bits per heavy atom. The summed E-state index contributed by atoms with van der Waals surface area (Å²) in [5.41, 5.74) is 0.471. The number of benzene rings is 1. The Kier molecular flexibility index (Phi) is 3.96. The van der Waals surface area contributed by atoms with Gasteiger partial charge in [0.15, 0.2) is 0 Å². The molecule has 1 fully saturated rings. The Hall–Kier alpha value is -2.21. The maximum absolute atomic E-state index is 12.3. The van der Waals surface area contributed by atoms with Crippen LogP contribution in [-0.2, 0) is 11.3 Å². The van der Waals surface area contributed by atoms with E-state index in [1.54, 1.807) is 18.2 Å². The normalized spacial score (nSPS) is 16.0. The number of amides is 1. The summed E-state index contributed by atoms with van der Waals surface area (Å²) in [6.45, 7) is 1.85. The first-order valence-corrected chi connectivity index (χ1v) is 7.18. The number of piperidine rings is 1. The Morgan fingerprint density at radius 1 is 1.33 bits per heavy atom. The van der Waals surface area contributed by atoms with Crippen LogP contribution < -0.4 is 16.2 Å². The molecule has 0 unspecified atom stereocenters. The van der Waals surface area contributed by atoms with Gasteiger partial charge in [0.1, 0.15) is 6.54 Å². The summed E-state index contributed by atoms with van der Waals surface area (Å²) in [5, 5.41) is 6.76. The fourth-order valence-electron chi connectivity index (χ4n) is 2.61. The number of hydrogen-bond donors (Lipinski definition) is 2. The SMILES string of the molecule is O=C(Cn1cnc2ccccc2c1=O)NC1CCNCC1. The zero-order valence-corrected chi connectivity index (χ0v) is 11.7. The van der Waals surface area contributed by atoms with E-state index in [4.69, 9.17) is 0 Å². The molecule has 1 aromatic heterocycles. The molecular weight excluding hydrogens is 268 g/mol. The minimum Gasteiger partial charge on any atom is -0.352 e. The molecule has 1 aliphatic heterocycles.